The quantitative estimate of drug-likeness (QED) is 0.339. The molecule has 0 N–H and O–H groups in total. The normalized spacial score (nSPS) is 11.4. The maximum Gasteiger partial charge on any atom is 0.418 e. The Morgan fingerprint density at radius 3 is 2.43 bits per heavy atom. The van der Waals surface area contributed by atoms with E-state index in [0.29, 0.717) is 13.0 Å². The first-order valence-electron chi connectivity index (χ1n) is 10.9. The van der Waals surface area contributed by atoms with Crippen molar-refractivity contribution in [1.29, 1.82) is 0 Å². The van der Waals surface area contributed by atoms with Gasteiger partial charge in [-0.1, -0.05) is 48.5 Å². The summed E-state index contributed by atoms with van der Waals surface area (Å²) < 4.78 is 41.9. The highest BCUT2D eigenvalue weighted by Gasteiger charge is 2.34. The summed E-state index contributed by atoms with van der Waals surface area (Å²) in [6.07, 6.45) is -4.08. The van der Waals surface area contributed by atoms with Crippen LogP contribution in [0, 0.1) is 6.92 Å². The molecule has 0 saturated heterocycles. The second-order valence-electron chi connectivity index (χ2n) is 7.97. The lowest BCUT2D eigenvalue weighted by Gasteiger charge is -2.23. The molecule has 2 aromatic heterocycles. The number of amides is 1. The molecule has 35 heavy (non-hydrogen) atoms. The summed E-state index contributed by atoms with van der Waals surface area (Å²) in [5.74, 6) is -0.627. The number of carbonyl (C=O) groups is 1. The van der Waals surface area contributed by atoms with E-state index in [4.69, 9.17) is 0 Å². The van der Waals surface area contributed by atoms with E-state index in [-0.39, 0.29) is 17.9 Å². The van der Waals surface area contributed by atoms with Crippen LogP contribution < -0.4 is 5.43 Å². The lowest BCUT2D eigenvalue weighted by Crippen LogP contribution is -2.37. The molecule has 0 saturated carbocycles. The van der Waals surface area contributed by atoms with Crippen LogP contribution in [0.25, 0.3) is 5.69 Å². The lowest BCUT2D eigenvalue weighted by molar-refractivity contribution is -0.137. The van der Waals surface area contributed by atoms with Crippen LogP contribution in [-0.2, 0) is 19.1 Å². The van der Waals surface area contributed by atoms with Crippen molar-refractivity contribution < 1.29 is 18.0 Å². The van der Waals surface area contributed by atoms with Crippen molar-refractivity contribution in [1.82, 2.24) is 14.7 Å². The van der Waals surface area contributed by atoms with Gasteiger partial charge in [0.2, 0.25) is 5.43 Å². The zero-order valence-corrected chi connectivity index (χ0v) is 19.6. The Hall–Kier alpha value is -3.72. The van der Waals surface area contributed by atoms with Gasteiger partial charge < -0.3 is 4.90 Å². The van der Waals surface area contributed by atoms with E-state index in [1.54, 1.807) is 0 Å². The molecule has 1 amide bonds. The summed E-state index contributed by atoms with van der Waals surface area (Å²) in [7, 11) is 0. The Balaban J connectivity index is 1.72. The van der Waals surface area contributed by atoms with E-state index in [1.165, 1.54) is 41.4 Å². The molecule has 0 spiro atoms. The standard InChI is InChI=1S/C26H22F3N3O2S/c1-18-16-23(33)24(30-32(18)22-12-6-5-11-21(22)26(27,28)29)25(34)31(17-20-10-7-15-35-20)14-13-19-8-3-2-4-9-19/h2-12,15-16H,13-14,17H2,1H3. The number of halogens is 3. The molecule has 0 fully saturated rings. The first-order valence-corrected chi connectivity index (χ1v) is 11.7. The van der Waals surface area contributed by atoms with Gasteiger partial charge in [0.1, 0.15) is 0 Å². The number of benzene rings is 2. The number of nitrogens with zero attached hydrogens (tertiary/aromatic N) is 3. The zero-order valence-electron chi connectivity index (χ0n) is 18.8. The summed E-state index contributed by atoms with van der Waals surface area (Å²) in [6.45, 7) is 2.06. The molecule has 5 nitrogen and oxygen atoms in total. The Labute approximate surface area is 204 Å². The van der Waals surface area contributed by atoms with Gasteiger partial charge in [-0.3, -0.25) is 9.59 Å². The third kappa shape index (κ3) is 5.68. The van der Waals surface area contributed by atoms with E-state index in [0.717, 1.165) is 27.3 Å². The van der Waals surface area contributed by atoms with Crippen LogP contribution in [0.3, 0.4) is 0 Å². The highest BCUT2D eigenvalue weighted by Crippen LogP contribution is 2.33. The van der Waals surface area contributed by atoms with E-state index < -0.39 is 28.8 Å². The van der Waals surface area contributed by atoms with E-state index in [2.05, 4.69) is 5.10 Å². The van der Waals surface area contributed by atoms with Crippen molar-refractivity contribution >= 4 is 17.2 Å². The molecule has 0 aliphatic carbocycles. The molecule has 2 heterocycles. The lowest BCUT2D eigenvalue weighted by atomic mass is 10.1. The van der Waals surface area contributed by atoms with Crippen molar-refractivity contribution in [3.05, 3.63) is 116 Å². The van der Waals surface area contributed by atoms with E-state index in [9.17, 15) is 22.8 Å². The molecule has 0 radical (unpaired) electrons. The number of carbonyl (C=O) groups excluding carboxylic acids is 1. The minimum Gasteiger partial charge on any atom is -0.332 e. The highest BCUT2D eigenvalue weighted by atomic mass is 32.1. The van der Waals surface area contributed by atoms with Crippen molar-refractivity contribution in [3.8, 4) is 5.69 Å². The third-order valence-electron chi connectivity index (χ3n) is 5.47. The number of aryl methyl sites for hydroxylation is 1. The summed E-state index contributed by atoms with van der Waals surface area (Å²) in [5.41, 5.74) is -0.999. The summed E-state index contributed by atoms with van der Waals surface area (Å²) in [6, 6.07) is 19.4. The monoisotopic (exact) mass is 497 g/mol. The second kappa shape index (κ2) is 10.3. The smallest absolute Gasteiger partial charge is 0.332 e. The number of aromatic nitrogens is 2. The minimum atomic E-state index is -4.63. The second-order valence-corrected chi connectivity index (χ2v) is 9.00. The number of alkyl halides is 3. The Kier molecular flexibility index (Phi) is 7.16. The Morgan fingerprint density at radius 2 is 1.74 bits per heavy atom. The molecular weight excluding hydrogens is 475 g/mol. The molecule has 180 valence electrons. The molecule has 4 aromatic rings. The fraction of sp³-hybridized carbons (Fsp3) is 0.192. The van der Waals surface area contributed by atoms with Crippen LogP contribution in [0.2, 0.25) is 0 Å². The zero-order chi connectivity index (χ0) is 25.0. The van der Waals surface area contributed by atoms with Crippen LogP contribution >= 0.6 is 11.3 Å². The third-order valence-corrected chi connectivity index (χ3v) is 6.34. The number of rotatable bonds is 7. The minimum absolute atomic E-state index is 0.192. The maximum absolute atomic E-state index is 13.6. The summed E-state index contributed by atoms with van der Waals surface area (Å²) in [5, 5.41) is 6.03. The van der Waals surface area contributed by atoms with Crippen molar-refractivity contribution in [3.63, 3.8) is 0 Å². The summed E-state index contributed by atoms with van der Waals surface area (Å²) >= 11 is 1.47. The predicted molar refractivity (Wildman–Crippen MR) is 129 cm³/mol. The SMILES string of the molecule is Cc1cc(=O)c(C(=O)N(CCc2ccccc2)Cc2cccs2)nn1-c1ccccc1C(F)(F)F. The van der Waals surface area contributed by atoms with E-state index >= 15 is 0 Å². The molecule has 0 unspecified atom stereocenters. The first kappa shape index (κ1) is 24.4. The summed E-state index contributed by atoms with van der Waals surface area (Å²) in [4.78, 5) is 28.7. The molecule has 0 aliphatic rings. The topological polar surface area (TPSA) is 55.2 Å². The highest BCUT2D eigenvalue weighted by molar-refractivity contribution is 7.09. The van der Waals surface area contributed by atoms with Crippen molar-refractivity contribution in [2.75, 3.05) is 6.54 Å². The number of hydrogen-bond donors (Lipinski definition) is 0. The van der Waals surface area contributed by atoms with Crippen LogP contribution in [-0.4, -0.2) is 27.1 Å². The van der Waals surface area contributed by atoms with Gasteiger partial charge in [-0.15, -0.1) is 11.3 Å². The average Bonchev–Trinajstić information content (AvgIpc) is 3.35. The Bertz CT molecular complexity index is 1370. The number of para-hydroxylation sites is 1. The fourth-order valence-corrected chi connectivity index (χ4v) is 4.46. The molecule has 9 heteroatoms. The Morgan fingerprint density at radius 1 is 1.03 bits per heavy atom. The number of hydrogen-bond acceptors (Lipinski definition) is 4. The van der Waals surface area contributed by atoms with Gasteiger partial charge in [0, 0.05) is 23.2 Å². The van der Waals surface area contributed by atoms with Gasteiger partial charge >= 0.3 is 6.18 Å². The average molecular weight is 498 g/mol. The van der Waals surface area contributed by atoms with Gasteiger partial charge in [-0.05, 0) is 42.5 Å². The van der Waals surface area contributed by atoms with Gasteiger partial charge in [-0.25, -0.2) is 4.68 Å². The van der Waals surface area contributed by atoms with Gasteiger partial charge in [0.05, 0.1) is 17.8 Å². The largest absolute Gasteiger partial charge is 0.418 e. The van der Waals surface area contributed by atoms with Crippen molar-refractivity contribution in [2.24, 2.45) is 0 Å². The van der Waals surface area contributed by atoms with Gasteiger partial charge in [0.15, 0.2) is 5.69 Å². The van der Waals surface area contributed by atoms with Crippen LogP contribution in [0.15, 0.2) is 83.0 Å². The molecular formula is C26H22F3N3O2S. The van der Waals surface area contributed by atoms with E-state index in [1.807, 2.05) is 47.8 Å². The number of thiophene rings is 1. The maximum atomic E-state index is 13.6. The van der Waals surface area contributed by atoms with Crippen LogP contribution in [0.5, 0.6) is 0 Å². The van der Waals surface area contributed by atoms with Crippen molar-refractivity contribution in [2.45, 2.75) is 26.1 Å². The van der Waals surface area contributed by atoms with Gasteiger partial charge in [0.25, 0.3) is 5.91 Å². The first-order chi connectivity index (χ1) is 16.7. The predicted octanol–water partition coefficient (Wildman–Crippen LogP) is 5.51. The molecule has 4 rings (SSSR count). The fourth-order valence-electron chi connectivity index (χ4n) is 3.74. The molecule has 2 aromatic carbocycles. The van der Waals surface area contributed by atoms with Crippen LogP contribution in [0.4, 0.5) is 13.2 Å². The molecule has 0 atom stereocenters. The molecule has 0 aliphatic heterocycles. The van der Waals surface area contributed by atoms with Gasteiger partial charge in [-0.2, -0.15) is 18.3 Å². The molecule has 0 bridgehead atoms. The van der Waals surface area contributed by atoms with Crippen LogP contribution in [0.1, 0.15) is 32.2 Å².